The van der Waals surface area contributed by atoms with E-state index in [4.69, 9.17) is 0 Å². The maximum absolute atomic E-state index is 12.5. The molecule has 0 atom stereocenters. The zero-order valence-corrected chi connectivity index (χ0v) is 12.1. The number of rotatable bonds is 3. The molecule has 1 fully saturated rings. The highest BCUT2D eigenvalue weighted by atomic mass is 16.6. The lowest BCUT2D eigenvalue weighted by Gasteiger charge is -2.32. The Bertz CT molecular complexity index is 778. The van der Waals surface area contributed by atoms with Crippen molar-refractivity contribution in [1.82, 2.24) is 9.55 Å². The number of nitro benzene ring substituents is 1. The van der Waals surface area contributed by atoms with Crippen LogP contribution in [0.4, 0.5) is 5.69 Å². The van der Waals surface area contributed by atoms with E-state index in [1.165, 1.54) is 29.1 Å². The lowest BCUT2D eigenvalue weighted by molar-refractivity contribution is -0.384. The molecule has 1 aliphatic carbocycles. The third-order valence-corrected chi connectivity index (χ3v) is 4.27. The van der Waals surface area contributed by atoms with Crippen LogP contribution in [-0.2, 0) is 6.54 Å². The van der Waals surface area contributed by atoms with Gasteiger partial charge in [0.05, 0.1) is 34.3 Å². The Morgan fingerprint density at radius 1 is 1.32 bits per heavy atom. The van der Waals surface area contributed by atoms with Gasteiger partial charge in [-0.1, -0.05) is 19.3 Å². The molecule has 116 valence electrons. The van der Waals surface area contributed by atoms with E-state index in [2.05, 4.69) is 4.98 Å². The summed E-state index contributed by atoms with van der Waals surface area (Å²) in [6.45, 7) is 0.178. The van der Waals surface area contributed by atoms with Crippen LogP contribution in [0.1, 0.15) is 32.1 Å². The van der Waals surface area contributed by atoms with Crippen LogP contribution < -0.4 is 5.56 Å². The van der Waals surface area contributed by atoms with E-state index in [1.54, 1.807) is 0 Å². The number of hydrogen-bond acceptors (Lipinski definition) is 5. The Hall–Kier alpha value is -2.28. The van der Waals surface area contributed by atoms with Crippen LogP contribution in [0.3, 0.4) is 0 Å². The fourth-order valence-electron chi connectivity index (χ4n) is 3.06. The van der Waals surface area contributed by atoms with Crippen LogP contribution in [0.25, 0.3) is 10.9 Å². The van der Waals surface area contributed by atoms with Crippen LogP contribution in [0.5, 0.6) is 0 Å². The maximum atomic E-state index is 12.5. The molecule has 1 saturated carbocycles. The average molecular weight is 303 g/mol. The highest BCUT2D eigenvalue weighted by Crippen LogP contribution is 2.29. The van der Waals surface area contributed by atoms with Crippen molar-refractivity contribution >= 4 is 16.6 Å². The van der Waals surface area contributed by atoms with Gasteiger partial charge in [0.1, 0.15) is 0 Å². The summed E-state index contributed by atoms with van der Waals surface area (Å²) in [5, 5.41) is 21.6. The molecular formula is C15H17N3O4. The minimum atomic E-state index is -0.891. The van der Waals surface area contributed by atoms with E-state index in [0.29, 0.717) is 18.4 Å². The molecule has 0 spiro atoms. The Morgan fingerprint density at radius 2 is 2.05 bits per heavy atom. The molecule has 7 nitrogen and oxygen atoms in total. The van der Waals surface area contributed by atoms with Gasteiger partial charge in [0.15, 0.2) is 0 Å². The second-order valence-electron chi connectivity index (χ2n) is 5.92. The molecule has 1 aliphatic rings. The number of nitro groups is 1. The highest BCUT2D eigenvalue weighted by molar-refractivity contribution is 5.79. The number of nitrogens with zero attached hydrogens (tertiary/aromatic N) is 3. The third-order valence-electron chi connectivity index (χ3n) is 4.27. The summed E-state index contributed by atoms with van der Waals surface area (Å²) in [5.41, 5.74) is -0.964. The molecule has 0 bridgehead atoms. The molecule has 1 heterocycles. The van der Waals surface area contributed by atoms with Crippen molar-refractivity contribution in [3.63, 3.8) is 0 Å². The molecular weight excluding hydrogens is 286 g/mol. The van der Waals surface area contributed by atoms with E-state index >= 15 is 0 Å². The molecule has 3 rings (SSSR count). The van der Waals surface area contributed by atoms with Gasteiger partial charge in [-0.25, -0.2) is 4.98 Å². The van der Waals surface area contributed by atoms with Crippen LogP contribution >= 0.6 is 0 Å². The molecule has 0 radical (unpaired) electrons. The molecule has 1 aromatic heterocycles. The van der Waals surface area contributed by atoms with E-state index < -0.39 is 10.5 Å². The van der Waals surface area contributed by atoms with E-state index in [-0.39, 0.29) is 23.2 Å². The maximum Gasteiger partial charge on any atom is 0.270 e. The number of benzene rings is 1. The highest BCUT2D eigenvalue weighted by Gasteiger charge is 2.30. The van der Waals surface area contributed by atoms with Gasteiger partial charge in [0.2, 0.25) is 0 Å². The van der Waals surface area contributed by atoms with Crippen molar-refractivity contribution in [1.29, 1.82) is 0 Å². The van der Waals surface area contributed by atoms with Gasteiger partial charge in [-0.2, -0.15) is 0 Å². The fourth-order valence-corrected chi connectivity index (χ4v) is 3.06. The summed E-state index contributed by atoms with van der Waals surface area (Å²) in [6, 6.07) is 4.04. The van der Waals surface area contributed by atoms with Gasteiger partial charge in [0.25, 0.3) is 11.2 Å². The van der Waals surface area contributed by atoms with Crippen molar-refractivity contribution in [2.75, 3.05) is 0 Å². The number of hydrogen-bond donors (Lipinski definition) is 1. The Kier molecular flexibility index (Phi) is 3.66. The zero-order valence-electron chi connectivity index (χ0n) is 12.1. The first-order valence-electron chi connectivity index (χ1n) is 7.35. The minimum absolute atomic E-state index is 0.138. The van der Waals surface area contributed by atoms with Gasteiger partial charge in [-0.05, 0) is 18.9 Å². The summed E-state index contributed by atoms with van der Waals surface area (Å²) in [6.07, 6.45) is 5.71. The number of fused-ring (bicyclic) bond motifs is 1. The molecule has 0 saturated heterocycles. The second-order valence-corrected chi connectivity index (χ2v) is 5.92. The summed E-state index contributed by atoms with van der Waals surface area (Å²) in [4.78, 5) is 27.0. The molecule has 2 aromatic rings. The third kappa shape index (κ3) is 2.71. The number of aromatic nitrogens is 2. The van der Waals surface area contributed by atoms with Crippen molar-refractivity contribution in [3.05, 3.63) is 45.0 Å². The predicted molar refractivity (Wildman–Crippen MR) is 80.7 cm³/mol. The lowest BCUT2D eigenvalue weighted by Crippen LogP contribution is -2.39. The lowest BCUT2D eigenvalue weighted by atomic mass is 9.85. The Labute approximate surface area is 126 Å². The van der Waals surface area contributed by atoms with Crippen LogP contribution in [0.2, 0.25) is 0 Å². The summed E-state index contributed by atoms with van der Waals surface area (Å²) >= 11 is 0. The topological polar surface area (TPSA) is 98.3 Å². The zero-order chi connectivity index (χ0) is 15.7. The predicted octanol–water partition coefficient (Wildman–Crippen LogP) is 2.00. The standard InChI is InChI=1S/C15H17N3O4/c19-14-12-8-11(18(21)22)4-5-13(12)16-10-17(14)9-15(20)6-2-1-3-7-15/h4-5,8,10,20H,1-3,6-7,9H2. The van der Waals surface area contributed by atoms with Gasteiger partial charge < -0.3 is 5.11 Å². The Morgan fingerprint density at radius 3 is 2.73 bits per heavy atom. The van der Waals surface area contributed by atoms with E-state index in [1.807, 2.05) is 0 Å². The normalized spacial score (nSPS) is 17.5. The van der Waals surface area contributed by atoms with Crippen molar-refractivity contribution in [3.8, 4) is 0 Å². The quantitative estimate of drug-likeness (QED) is 0.690. The number of non-ortho nitro benzene ring substituents is 1. The van der Waals surface area contributed by atoms with Gasteiger partial charge in [-0.3, -0.25) is 19.5 Å². The van der Waals surface area contributed by atoms with Crippen LogP contribution in [0.15, 0.2) is 29.3 Å². The van der Waals surface area contributed by atoms with Crippen molar-refractivity contribution in [2.24, 2.45) is 0 Å². The SMILES string of the molecule is O=c1c2cc([N+](=O)[O-])ccc2ncn1CC1(O)CCCCC1. The van der Waals surface area contributed by atoms with E-state index in [0.717, 1.165) is 19.3 Å². The monoisotopic (exact) mass is 303 g/mol. The molecule has 0 aliphatic heterocycles. The molecule has 0 amide bonds. The van der Waals surface area contributed by atoms with Gasteiger partial charge >= 0.3 is 0 Å². The van der Waals surface area contributed by atoms with E-state index in [9.17, 15) is 20.0 Å². The summed E-state index contributed by atoms with van der Waals surface area (Å²) in [5.74, 6) is 0. The van der Waals surface area contributed by atoms with Gasteiger partial charge in [0, 0.05) is 12.1 Å². The smallest absolute Gasteiger partial charge is 0.270 e. The molecule has 22 heavy (non-hydrogen) atoms. The first-order chi connectivity index (χ1) is 10.5. The molecule has 0 unspecified atom stereocenters. The Balaban J connectivity index is 2.02. The summed E-state index contributed by atoms with van der Waals surface area (Å²) in [7, 11) is 0. The first-order valence-corrected chi connectivity index (χ1v) is 7.35. The second kappa shape index (κ2) is 5.49. The van der Waals surface area contributed by atoms with Crippen LogP contribution in [-0.4, -0.2) is 25.2 Å². The first kappa shape index (κ1) is 14.6. The van der Waals surface area contributed by atoms with Crippen molar-refractivity contribution < 1.29 is 10.0 Å². The fraction of sp³-hybridized carbons (Fsp3) is 0.467. The molecule has 7 heteroatoms. The van der Waals surface area contributed by atoms with Gasteiger partial charge in [-0.15, -0.1) is 0 Å². The molecule has 1 aromatic carbocycles. The largest absolute Gasteiger partial charge is 0.388 e. The minimum Gasteiger partial charge on any atom is -0.388 e. The average Bonchev–Trinajstić information content (AvgIpc) is 2.50. The molecule has 1 N–H and O–H groups in total. The summed E-state index contributed by atoms with van der Waals surface area (Å²) < 4.78 is 1.36. The number of aliphatic hydroxyl groups is 1. The van der Waals surface area contributed by atoms with Crippen LogP contribution in [0, 0.1) is 10.1 Å². The van der Waals surface area contributed by atoms with Crippen molar-refractivity contribution in [2.45, 2.75) is 44.2 Å².